The van der Waals surface area contributed by atoms with E-state index in [9.17, 15) is 0 Å². The van der Waals surface area contributed by atoms with Crippen LogP contribution in [0.25, 0.3) is 0 Å². The van der Waals surface area contributed by atoms with Gasteiger partial charge in [-0.05, 0) is 29.7 Å². The number of nitrogens with one attached hydrogen (secondary N) is 1. The van der Waals surface area contributed by atoms with E-state index < -0.39 is 0 Å². The molecule has 1 aliphatic rings. The molecule has 1 N–H and O–H groups in total. The minimum Gasteiger partial charge on any atom is -0.333 e. The molecule has 1 aromatic carbocycles. The Hall–Kier alpha value is -1.61. The summed E-state index contributed by atoms with van der Waals surface area (Å²) < 4.78 is 2.10. The second-order valence-electron chi connectivity index (χ2n) is 4.26. The summed E-state index contributed by atoms with van der Waals surface area (Å²) in [7, 11) is 0. The molecule has 16 heavy (non-hydrogen) atoms. The molecule has 0 unspecified atom stereocenters. The van der Waals surface area contributed by atoms with Gasteiger partial charge in [0.25, 0.3) is 0 Å². The zero-order chi connectivity index (χ0) is 10.8. The lowest BCUT2D eigenvalue weighted by molar-refractivity contribution is 0.642. The Morgan fingerprint density at radius 3 is 3.19 bits per heavy atom. The Morgan fingerprint density at radius 1 is 1.31 bits per heavy atom. The molecule has 3 heteroatoms. The van der Waals surface area contributed by atoms with Crippen LogP contribution in [0.15, 0.2) is 36.9 Å². The van der Waals surface area contributed by atoms with E-state index in [2.05, 4.69) is 33.1 Å². The standard InChI is InChI=1S/C13H15N3/c1-2-13-8-14-4-3-12(13)7-11(1)9-16-6-5-15-10-16/h1-2,5-7,10,14H,3-4,8-9H2. The van der Waals surface area contributed by atoms with Crippen molar-refractivity contribution < 1.29 is 0 Å². The number of aromatic nitrogens is 2. The summed E-state index contributed by atoms with van der Waals surface area (Å²) in [6, 6.07) is 6.79. The largest absolute Gasteiger partial charge is 0.333 e. The van der Waals surface area contributed by atoms with Crippen LogP contribution >= 0.6 is 0 Å². The van der Waals surface area contributed by atoms with Crippen LogP contribution in [0.5, 0.6) is 0 Å². The molecule has 2 aromatic rings. The summed E-state index contributed by atoms with van der Waals surface area (Å²) in [4.78, 5) is 4.06. The van der Waals surface area contributed by atoms with E-state index in [1.54, 1.807) is 0 Å². The summed E-state index contributed by atoms with van der Waals surface area (Å²) in [5.74, 6) is 0. The summed E-state index contributed by atoms with van der Waals surface area (Å²) >= 11 is 0. The average molecular weight is 213 g/mol. The minimum atomic E-state index is 0.917. The first-order valence-corrected chi connectivity index (χ1v) is 5.69. The number of nitrogens with zero attached hydrogens (tertiary/aromatic N) is 2. The number of imidazole rings is 1. The molecule has 0 fully saturated rings. The van der Waals surface area contributed by atoms with E-state index in [0.29, 0.717) is 0 Å². The van der Waals surface area contributed by atoms with Gasteiger partial charge >= 0.3 is 0 Å². The minimum absolute atomic E-state index is 0.917. The Bertz CT molecular complexity index is 474. The third-order valence-electron chi connectivity index (χ3n) is 3.08. The van der Waals surface area contributed by atoms with Crippen molar-refractivity contribution in [3.05, 3.63) is 53.6 Å². The van der Waals surface area contributed by atoms with Crippen LogP contribution < -0.4 is 5.32 Å². The maximum atomic E-state index is 4.06. The highest BCUT2D eigenvalue weighted by molar-refractivity contribution is 5.33. The SMILES string of the molecule is c1cn(Cc2ccc3c(c2)CCNC3)cn1. The molecule has 0 saturated carbocycles. The zero-order valence-corrected chi connectivity index (χ0v) is 9.19. The number of hydrogen-bond acceptors (Lipinski definition) is 2. The van der Waals surface area contributed by atoms with Crippen molar-refractivity contribution in [2.45, 2.75) is 19.5 Å². The molecule has 82 valence electrons. The molecule has 0 atom stereocenters. The van der Waals surface area contributed by atoms with Crippen molar-refractivity contribution in [3.8, 4) is 0 Å². The third kappa shape index (κ3) is 1.86. The van der Waals surface area contributed by atoms with E-state index in [1.165, 1.54) is 16.7 Å². The van der Waals surface area contributed by atoms with Gasteiger partial charge in [-0.25, -0.2) is 4.98 Å². The smallest absolute Gasteiger partial charge is 0.0949 e. The molecule has 0 spiro atoms. The van der Waals surface area contributed by atoms with Gasteiger partial charge < -0.3 is 9.88 Å². The maximum absolute atomic E-state index is 4.06. The van der Waals surface area contributed by atoms with Crippen LogP contribution in [0.2, 0.25) is 0 Å². The average Bonchev–Trinajstić information content (AvgIpc) is 2.82. The lowest BCUT2D eigenvalue weighted by atomic mass is 9.98. The monoisotopic (exact) mass is 213 g/mol. The number of hydrogen-bond donors (Lipinski definition) is 1. The van der Waals surface area contributed by atoms with Gasteiger partial charge in [-0.3, -0.25) is 0 Å². The first kappa shape index (κ1) is 9.60. The highest BCUT2D eigenvalue weighted by atomic mass is 15.0. The highest BCUT2D eigenvalue weighted by Gasteiger charge is 2.08. The Labute approximate surface area is 95.1 Å². The van der Waals surface area contributed by atoms with E-state index in [0.717, 1.165) is 26.1 Å². The van der Waals surface area contributed by atoms with E-state index in [-0.39, 0.29) is 0 Å². The van der Waals surface area contributed by atoms with Gasteiger partial charge in [0.2, 0.25) is 0 Å². The van der Waals surface area contributed by atoms with Crippen LogP contribution in [-0.2, 0) is 19.5 Å². The van der Waals surface area contributed by atoms with Gasteiger partial charge in [-0.1, -0.05) is 18.2 Å². The molecule has 2 heterocycles. The molecule has 0 aliphatic carbocycles. The first-order chi connectivity index (χ1) is 7.92. The fraction of sp³-hybridized carbons (Fsp3) is 0.308. The topological polar surface area (TPSA) is 29.9 Å². The van der Waals surface area contributed by atoms with Crippen molar-refractivity contribution in [1.82, 2.24) is 14.9 Å². The fourth-order valence-electron chi connectivity index (χ4n) is 2.22. The van der Waals surface area contributed by atoms with Crippen LogP contribution in [0.3, 0.4) is 0 Å². The Balaban J connectivity index is 1.86. The fourth-order valence-corrected chi connectivity index (χ4v) is 2.22. The van der Waals surface area contributed by atoms with Gasteiger partial charge in [-0.15, -0.1) is 0 Å². The molecule has 3 rings (SSSR count). The van der Waals surface area contributed by atoms with Crippen LogP contribution in [0.4, 0.5) is 0 Å². The lowest BCUT2D eigenvalue weighted by Gasteiger charge is -2.17. The second kappa shape index (κ2) is 4.10. The molecular formula is C13H15N3. The number of rotatable bonds is 2. The Kier molecular flexibility index (Phi) is 2.46. The highest BCUT2D eigenvalue weighted by Crippen LogP contribution is 2.16. The van der Waals surface area contributed by atoms with Gasteiger partial charge in [0.15, 0.2) is 0 Å². The molecule has 0 saturated heterocycles. The summed E-state index contributed by atoms with van der Waals surface area (Å²) in [6.45, 7) is 3.03. The lowest BCUT2D eigenvalue weighted by Crippen LogP contribution is -2.23. The van der Waals surface area contributed by atoms with Gasteiger partial charge in [0.05, 0.1) is 6.33 Å². The second-order valence-corrected chi connectivity index (χ2v) is 4.26. The zero-order valence-electron chi connectivity index (χ0n) is 9.19. The molecule has 0 amide bonds. The summed E-state index contributed by atoms with van der Waals surface area (Å²) in [5, 5.41) is 3.39. The van der Waals surface area contributed by atoms with Crippen molar-refractivity contribution in [2.75, 3.05) is 6.54 Å². The normalized spacial score (nSPS) is 14.8. The molecular weight excluding hydrogens is 198 g/mol. The molecule has 3 nitrogen and oxygen atoms in total. The van der Waals surface area contributed by atoms with Crippen LogP contribution in [0.1, 0.15) is 16.7 Å². The predicted molar refractivity (Wildman–Crippen MR) is 63.2 cm³/mol. The molecule has 1 aromatic heterocycles. The van der Waals surface area contributed by atoms with E-state index >= 15 is 0 Å². The van der Waals surface area contributed by atoms with Gasteiger partial charge in [0.1, 0.15) is 0 Å². The maximum Gasteiger partial charge on any atom is 0.0949 e. The quantitative estimate of drug-likeness (QED) is 0.820. The van der Waals surface area contributed by atoms with Gasteiger partial charge in [0, 0.05) is 25.5 Å². The van der Waals surface area contributed by atoms with Crippen molar-refractivity contribution >= 4 is 0 Å². The number of benzene rings is 1. The first-order valence-electron chi connectivity index (χ1n) is 5.69. The molecule has 0 bridgehead atoms. The summed E-state index contributed by atoms with van der Waals surface area (Å²) in [6.07, 6.45) is 6.83. The van der Waals surface area contributed by atoms with E-state index in [4.69, 9.17) is 0 Å². The van der Waals surface area contributed by atoms with Crippen LogP contribution in [-0.4, -0.2) is 16.1 Å². The van der Waals surface area contributed by atoms with Crippen molar-refractivity contribution in [1.29, 1.82) is 0 Å². The van der Waals surface area contributed by atoms with Crippen LogP contribution in [0, 0.1) is 0 Å². The van der Waals surface area contributed by atoms with Gasteiger partial charge in [-0.2, -0.15) is 0 Å². The molecule has 0 radical (unpaired) electrons. The predicted octanol–water partition coefficient (Wildman–Crippen LogP) is 1.58. The van der Waals surface area contributed by atoms with Crippen molar-refractivity contribution in [3.63, 3.8) is 0 Å². The summed E-state index contributed by atoms with van der Waals surface area (Å²) in [5.41, 5.74) is 4.30. The third-order valence-corrected chi connectivity index (χ3v) is 3.08. The van der Waals surface area contributed by atoms with E-state index in [1.807, 2.05) is 18.7 Å². The van der Waals surface area contributed by atoms with Crippen molar-refractivity contribution in [2.24, 2.45) is 0 Å². The molecule has 1 aliphatic heterocycles. The number of fused-ring (bicyclic) bond motifs is 1. The Morgan fingerprint density at radius 2 is 2.31 bits per heavy atom.